The second kappa shape index (κ2) is 11.3. The summed E-state index contributed by atoms with van der Waals surface area (Å²) in [6, 6.07) is 9.68. The first-order chi connectivity index (χ1) is 15.1. The summed E-state index contributed by atoms with van der Waals surface area (Å²) < 4.78 is 193. The van der Waals surface area contributed by atoms with E-state index in [2.05, 4.69) is 0 Å². The number of nitrogens with one attached hydrogen (secondary N) is 1. The molecule has 0 amide bonds. The Morgan fingerprint density at radius 2 is 1.24 bits per heavy atom. The van der Waals surface area contributed by atoms with E-state index < -0.39 is 65.7 Å². The van der Waals surface area contributed by atoms with Gasteiger partial charge in [0.05, 0.1) is 19.5 Å². The van der Waals surface area contributed by atoms with Crippen molar-refractivity contribution in [1.82, 2.24) is 5.32 Å². The number of para-hydroxylation sites is 1. The molecule has 0 aliphatic carbocycles. The van der Waals surface area contributed by atoms with Gasteiger partial charge in [-0.1, -0.05) is 18.2 Å². The van der Waals surface area contributed by atoms with Crippen LogP contribution in [0.1, 0.15) is 0 Å². The lowest BCUT2D eigenvalue weighted by Gasteiger charge is -2.39. The van der Waals surface area contributed by atoms with E-state index in [4.69, 9.17) is 4.74 Å². The number of benzene rings is 1. The number of hydrogen-bond donors (Lipinski definition) is 1. The average molecular weight is 553 g/mol. The SMILES string of the molecule is COc1ccccc1.FC(F)C(F)(F)C(F)(F)C(F)(F)C(F)(F)C(F)(F)CNCSC(F)(F)F. The molecule has 0 heterocycles. The van der Waals surface area contributed by atoms with Crippen LogP contribution in [-0.2, 0) is 0 Å². The predicted molar refractivity (Wildman–Crippen MR) is 90.2 cm³/mol. The molecule has 0 aliphatic rings. The van der Waals surface area contributed by atoms with Gasteiger partial charge >= 0.3 is 41.5 Å². The van der Waals surface area contributed by atoms with E-state index in [-0.39, 0.29) is 0 Å². The summed E-state index contributed by atoms with van der Waals surface area (Å²) in [5, 5.41) is 0.872. The number of hydrogen-bond acceptors (Lipinski definition) is 3. The third-order valence-corrected chi connectivity index (χ3v) is 4.28. The van der Waals surface area contributed by atoms with Crippen LogP contribution in [0.15, 0.2) is 30.3 Å². The molecule has 2 nitrogen and oxygen atoms in total. The second-order valence-corrected chi connectivity index (χ2v) is 7.07. The Balaban J connectivity index is 0.00000113. The van der Waals surface area contributed by atoms with Crippen LogP contribution in [0, 0.1) is 0 Å². The van der Waals surface area contributed by atoms with Crippen LogP contribution in [0.4, 0.5) is 65.9 Å². The van der Waals surface area contributed by atoms with Crippen molar-refractivity contribution in [2.75, 3.05) is 19.5 Å². The van der Waals surface area contributed by atoms with E-state index in [9.17, 15) is 65.9 Å². The zero-order valence-electron chi connectivity index (χ0n) is 16.4. The van der Waals surface area contributed by atoms with E-state index in [0.717, 1.165) is 11.1 Å². The monoisotopic (exact) mass is 553 g/mol. The lowest BCUT2D eigenvalue weighted by atomic mass is 9.94. The van der Waals surface area contributed by atoms with Crippen molar-refractivity contribution < 1.29 is 70.6 Å². The highest BCUT2D eigenvalue weighted by Crippen LogP contribution is 2.58. The fourth-order valence-corrected chi connectivity index (χ4v) is 2.15. The maximum atomic E-state index is 13.1. The maximum Gasteiger partial charge on any atom is 0.443 e. The van der Waals surface area contributed by atoms with Crippen molar-refractivity contribution >= 4 is 11.8 Å². The molecule has 18 heteroatoms. The van der Waals surface area contributed by atoms with Crippen LogP contribution >= 0.6 is 11.8 Å². The van der Waals surface area contributed by atoms with Crippen molar-refractivity contribution in [3.8, 4) is 5.75 Å². The Kier molecular flexibility index (Phi) is 10.8. The molecule has 0 unspecified atom stereocenters. The van der Waals surface area contributed by atoms with Crippen LogP contribution in [0.3, 0.4) is 0 Å². The van der Waals surface area contributed by atoms with Crippen molar-refractivity contribution in [2.45, 2.75) is 41.5 Å². The number of alkyl halides is 15. The molecular formula is C16H14F15NOS. The summed E-state index contributed by atoms with van der Waals surface area (Å²) in [4.78, 5) is 0. The standard InChI is InChI=1S/C9H6F15NS.C7H8O/c10-3(11)5(14,15)7(18,19)8(20,21)6(16,17)4(12,13)1-25-2-26-9(22,23)24;1-8-7-5-3-2-4-6-7/h3,25H,1-2H2;2-6H,1H3. The van der Waals surface area contributed by atoms with Gasteiger partial charge in [-0.25, -0.2) is 8.78 Å². The average Bonchev–Trinajstić information content (AvgIpc) is 2.71. The van der Waals surface area contributed by atoms with E-state index in [0.29, 0.717) is 0 Å². The minimum absolute atomic E-state index is 0.872. The van der Waals surface area contributed by atoms with Crippen LogP contribution in [0.5, 0.6) is 5.75 Å². The molecule has 0 fully saturated rings. The Labute approximate surface area is 185 Å². The molecule has 0 spiro atoms. The largest absolute Gasteiger partial charge is 0.497 e. The fourth-order valence-electron chi connectivity index (χ4n) is 1.78. The Hall–Kier alpha value is -1.72. The van der Waals surface area contributed by atoms with Gasteiger partial charge < -0.3 is 10.1 Å². The van der Waals surface area contributed by atoms with Gasteiger partial charge in [0.1, 0.15) is 5.75 Å². The van der Waals surface area contributed by atoms with Crippen LogP contribution in [-0.4, -0.2) is 61.1 Å². The number of halogens is 15. The molecule has 0 bridgehead atoms. The Morgan fingerprint density at radius 1 is 0.765 bits per heavy atom. The van der Waals surface area contributed by atoms with Gasteiger partial charge in [-0.15, -0.1) is 0 Å². The lowest BCUT2D eigenvalue weighted by Crippen LogP contribution is -2.69. The van der Waals surface area contributed by atoms with E-state index in [1.54, 1.807) is 7.11 Å². The first-order valence-electron chi connectivity index (χ1n) is 8.26. The van der Waals surface area contributed by atoms with Gasteiger partial charge in [0, 0.05) is 0 Å². The minimum atomic E-state index is -7.69. The highest BCUT2D eigenvalue weighted by atomic mass is 32.2. The van der Waals surface area contributed by atoms with Gasteiger partial charge in [0.2, 0.25) is 0 Å². The topological polar surface area (TPSA) is 21.3 Å². The molecule has 0 atom stereocenters. The summed E-state index contributed by atoms with van der Waals surface area (Å²) >= 11 is -1.14. The molecule has 1 aromatic carbocycles. The van der Waals surface area contributed by atoms with Gasteiger partial charge in [0.25, 0.3) is 0 Å². The highest BCUT2D eigenvalue weighted by Gasteiger charge is 2.87. The van der Waals surface area contributed by atoms with Gasteiger partial charge in [0.15, 0.2) is 0 Å². The van der Waals surface area contributed by atoms with Crippen LogP contribution in [0.2, 0.25) is 0 Å². The van der Waals surface area contributed by atoms with Crippen molar-refractivity contribution in [2.24, 2.45) is 0 Å². The number of methoxy groups -OCH3 is 1. The van der Waals surface area contributed by atoms with E-state index in [1.807, 2.05) is 30.3 Å². The van der Waals surface area contributed by atoms with Crippen molar-refractivity contribution in [3.05, 3.63) is 30.3 Å². The molecule has 0 saturated carbocycles. The molecule has 0 aromatic heterocycles. The zero-order valence-corrected chi connectivity index (χ0v) is 17.2. The van der Waals surface area contributed by atoms with E-state index in [1.165, 1.54) is 0 Å². The van der Waals surface area contributed by atoms with Crippen LogP contribution in [0.25, 0.3) is 0 Å². The highest BCUT2D eigenvalue weighted by molar-refractivity contribution is 8.00. The molecule has 0 radical (unpaired) electrons. The molecule has 0 aliphatic heterocycles. The summed E-state index contributed by atoms with van der Waals surface area (Å²) in [6.45, 7) is -2.78. The number of ether oxygens (including phenoxy) is 1. The third kappa shape index (κ3) is 7.39. The van der Waals surface area contributed by atoms with Gasteiger partial charge in [-0.2, -0.15) is 57.1 Å². The Morgan fingerprint density at radius 3 is 1.59 bits per heavy atom. The third-order valence-electron chi connectivity index (χ3n) is 3.60. The normalized spacial score (nSPS) is 14.0. The molecule has 1 N–H and O–H groups in total. The summed E-state index contributed by atoms with van der Waals surface area (Å²) in [6.07, 6.45) is -5.62. The summed E-state index contributed by atoms with van der Waals surface area (Å²) in [5.74, 6) is -36.8. The molecule has 200 valence electrons. The fraction of sp³-hybridized carbons (Fsp3) is 0.625. The second-order valence-electron chi connectivity index (χ2n) is 6.03. The predicted octanol–water partition coefficient (Wildman–Crippen LogP) is 6.92. The Bertz CT molecular complexity index is 740. The summed E-state index contributed by atoms with van der Waals surface area (Å²) in [7, 11) is 1.66. The first-order valence-corrected chi connectivity index (χ1v) is 9.24. The first kappa shape index (κ1) is 32.3. The lowest BCUT2D eigenvalue weighted by molar-refractivity contribution is -0.411. The van der Waals surface area contributed by atoms with Crippen molar-refractivity contribution in [3.63, 3.8) is 0 Å². The van der Waals surface area contributed by atoms with Gasteiger partial charge in [-0.05, 0) is 23.9 Å². The molecule has 0 saturated heterocycles. The molecule has 1 rings (SSSR count). The minimum Gasteiger partial charge on any atom is -0.497 e. The van der Waals surface area contributed by atoms with Gasteiger partial charge in [-0.3, -0.25) is 0 Å². The number of rotatable bonds is 10. The molecule has 34 heavy (non-hydrogen) atoms. The quantitative estimate of drug-likeness (QED) is 0.193. The number of thioether (sulfide) groups is 1. The van der Waals surface area contributed by atoms with E-state index >= 15 is 0 Å². The van der Waals surface area contributed by atoms with Crippen molar-refractivity contribution in [1.29, 1.82) is 0 Å². The van der Waals surface area contributed by atoms with Crippen LogP contribution < -0.4 is 10.1 Å². The smallest absolute Gasteiger partial charge is 0.443 e. The zero-order chi connectivity index (χ0) is 27.2. The molecular weight excluding hydrogens is 539 g/mol. The summed E-state index contributed by atoms with van der Waals surface area (Å²) in [5.41, 5.74) is -5.07. The maximum absolute atomic E-state index is 13.1. The molecule has 1 aromatic rings.